The van der Waals surface area contributed by atoms with E-state index in [9.17, 15) is 9.18 Å². The minimum absolute atomic E-state index is 0. The van der Waals surface area contributed by atoms with Gasteiger partial charge >= 0.3 is 0 Å². The van der Waals surface area contributed by atoms with E-state index in [1.54, 1.807) is 12.1 Å². The van der Waals surface area contributed by atoms with Gasteiger partial charge in [0.25, 0.3) is 0 Å². The van der Waals surface area contributed by atoms with Crippen LogP contribution >= 0.6 is 12.4 Å². The summed E-state index contributed by atoms with van der Waals surface area (Å²) in [6, 6.07) is 6.73. The molecule has 122 valence electrons. The molecule has 2 atom stereocenters. The number of carbonyl (C=O) groups is 1. The predicted molar refractivity (Wildman–Crippen MR) is 87.3 cm³/mol. The van der Waals surface area contributed by atoms with E-state index >= 15 is 0 Å². The Morgan fingerprint density at radius 2 is 1.82 bits per heavy atom. The van der Waals surface area contributed by atoms with Gasteiger partial charge in [-0.2, -0.15) is 0 Å². The fourth-order valence-corrected chi connectivity index (χ4v) is 3.83. The molecule has 2 aliphatic rings. The molecule has 3 N–H and O–H groups in total. The minimum Gasteiger partial charge on any atom is -0.346 e. The maximum atomic E-state index is 13.1. The summed E-state index contributed by atoms with van der Waals surface area (Å²) in [5.41, 5.74) is 6.63. The number of hydrogen-bond acceptors (Lipinski definition) is 2. The lowest BCUT2D eigenvalue weighted by Crippen LogP contribution is -2.46. The molecule has 0 aromatic heterocycles. The Hall–Kier alpha value is -1.13. The van der Waals surface area contributed by atoms with Crippen LogP contribution in [0.3, 0.4) is 0 Å². The lowest BCUT2D eigenvalue weighted by Gasteiger charge is -2.32. The minimum atomic E-state index is -0.308. The van der Waals surface area contributed by atoms with Gasteiger partial charge in [0.05, 0.1) is 5.54 Å². The van der Waals surface area contributed by atoms with Crippen molar-refractivity contribution in [1.29, 1.82) is 0 Å². The summed E-state index contributed by atoms with van der Waals surface area (Å²) in [4.78, 5) is 12.6. The smallest absolute Gasteiger partial charge is 0.223 e. The number of halogens is 2. The highest BCUT2D eigenvalue weighted by atomic mass is 35.5. The normalized spacial score (nSPS) is 26.5. The Balaban J connectivity index is 0.00000176. The number of benzene rings is 1. The third-order valence-corrected chi connectivity index (χ3v) is 5.06. The first-order chi connectivity index (χ1) is 10.1. The highest BCUT2D eigenvalue weighted by Gasteiger charge is 2.39. The zero-order chi connectivity index (χ0) is 14.9. The Bertz CT molecular complexity index is 514. The van der Waals surface area contributed by atoms with Crippen LogP contribution < -0.4 is 11.1 Å². The third kappa shape index (κ3) is 3.44. The largest absolute Gasteiger partial charge is 0.346 e. The maximum absolute atomic E-state index is 13.1. The number of amides is 1. The Morgan fingerprint density at radius 3 is 2.36 bits per heavy atom. The Kier molecular flexibility index (Phi) is 5.45. The van der Waals surface area contributed by atoms with Crippen LogP contribution in [-0.2, 0) is 10.3 Å². The van der Waals surface area contributed by atoms with E-state index in [2.05, 4.69) is 5.32 Å². The van der Waals surface area contributed by atoms with Crippen molar-refractivity contribution in [1.82, 2.24) is 5.32 Å². The van der Waals surface area contributed by atoms with Crippen molar-refractivity contribution < 1.29 is 9.18 Å². The standard InChI is InChI=1S/C17H23FN2O.ClH/c18-14-6-4-13(5-7-14)17(9-1-2-10-17)20-16(21)12-3-8-15(19)11-12;/h4-7,12,15H,1-3,8-11,19H2,(H,20,21);1H. The SMILES string of the molecule is Cl.NC1CCC(C(=O)NC2(c3ccc(F)cc3)CCCC2)C1. The maximum Gasteiger partial charge on any atom is 0.223 e. The van der Waals surface area contributed by atoms with Gasteiger partial charge in [0.15, 0.2) is 0 Å². The summed E-state index contributed by atoms with van der Waals surface area (Å²) in [6.45, 7) is 0. The average Bonchev–Trinajstić information content (AvgIpc) is 3.09. The van der Waals surface area contributed by atoms with Crippen molar-refractivity contribution in [2.45, 2.75) is 56.5 Å². The van der Waals surface area contributed by atoms with Gasteiger partial charge in [-0.15, -0.1) is 12.4 Å². The lowest BCUT2D eigenvalue weighted by atomic mass is 9.87. The summed E-state index contributed by atoms with van der Waals surface area (Å²) in [5, 5.41) is 3.27. The molecule has 1 aromatic carbocycles. The molecule has 5 heteroatoms. The zero-order valence-electron chi connectivity index (χ0n) is 12.7. The topological polar surface area (TPSA) is 55.1 Å². The molecular weight excluding hydrogens is 303 g/mol. The number of hydrogen-bond donors (Lipinski definition) is 2. The van der Waals surface area contributed by atoms with E-state index < -0.39 is 0 Å². The molecule has 0 heterocycles. The predicted octanol–water partition coefficient (Wildman–Crippen LogP) is 3.26. The fraction of sp³-hybridized carbons (Fsp3) is 0.588. The number of carbonyl (C=O) groups excluding carboxylic acids is 1. The van der Waals surface area contributed by atoms with Crippen LogP contribution in [0.1, 0.15) is 50.5 Å². The van der Waals surface area contributed by atoms with Crippen molar-refractivity contribution in [2.24, 2.45) is 11.7 Å². The van der Waals surface area contributed by atoms with Gasteiger partial charge < -0.3 is 11.1 Å². The monoisotopic (exact) mass is 326 g/mol. The highest BCUT2D eigenvalue weighted by molar-refractivity contribution is 5.85. The molecule has 0 bridgehead atoms. The number of nitrogens with two attached hydrogens (primary N) is 1. The summed E-state index contributed by atoms with van der Waals surface area (Å²) < 4.78 is 13.1. The second kappa shape index (κ2) is 6.97. The first kappa shape index (κ1) is 17.2. The van der Waals surface area contributed by atoms with E-state index in [-0.39, 0.29) is 41.6 Å². The van der Waals surface area contributed by atoms with Crippen LogP contribution in [0.15, 0.2) is 24.3 Å². The molecule has 1 aromatic rings. The molecule has 2 aliphatic carbocycles. The molecule has 0 radical (unpaired) electrons. The molecule has 0 aliphatic heterocycles. The fourth-order valence-electron chi connectivity index (χ4n) is 3.83. The van der Waals surface area contributed by atoms with Gasteiger partial charge in [0.2, 0.25) is 5.91 Å². The molecule has 1 amide bonds. The van der Waals surface area contributed by atoms with Gasteiger partial charge in [0.1, 0.15) is 5.82 Å². The number of nitrogens with one attached hydrogen (secondary N) is 1. The van der Waals surface area contributed by atoms with E-state index in [4.69, 9.17) is 5.73 Å². The Morgan fingerprint density at radius 1 is 1.18 bits per heavy atom. The van der Waals surface area contributed by atoms with Gasteiger partial charge in [-0.1, -0.05) is 25.0 Å². The molecule has 2 unspecified atom stereocenters. The van der Waals surface area contributed by atoms with Crippen LogP contribution in [-0.4, -0.2) is 11.9 Å². The average molecular weight is 327 g/mol. The second-order valence-corrected chi connectivity index (χ2v) is 6.56. The first-order valence-corrected chi connectivity index (χ1v) is 7.93. The molecule has 0 spiro atoms. The van der Waals surface area contributed by atoms with Crippen LogP contribution in [0.25, 0.3) is 0 Å². The van der Waals surface area contributed by atoms with Gasteiger partial charge in [0, 0.05) is 12.0 Å². The Labute approximate surface area is 137 Å². The van der Waals surface area contributed by atoms with Crippen LogP contribution in [0.4, 0.5) is 4.39 Å². The van der Waals surface area contributed by atoms with E-state index in [0.29, 0.717) is 0 Å². The molecule has 2 saturated carbocycles. The van der Waals surface area contributed by atoms with Crippen molar-refractivity contribution in [3.63, 3.8) is 0 Å². The van der Waals surface area contributed by atoms with Crippen LogP contribution in [0.2, 0.25) is 0 Å². The van der Waals surface area contributed by atoms with Crippen molar-refractivity contribution in [3.05, 3.63) is 35.6 Å². The van der Waals surface area contributed by atoms with Gasteiger partial charge in [-0.05, 0) is 49.8 Å². The molecule has 22 heavy (non-hydrogen) atoms. The van der Waals surface area contributed by atoms with Crippen LogP contribution in [0, 0.1) is 11.7 Å². The van der Waals surface area contributed by atoms with Gasteiger partial charge in [-0.3, -0.25) is 4.79 Å². The molecule has 3 rings (SSSR count). The van der Waals surface area contributed by atoms with Crippen molar-refractivity contribution in [3.8, 4) is 0 Å². The van der Waals surface area contributed by atoms with E-state index in [0.717, 1.165) is 50.5 Å². The lowest BCUT2D eigenvalue weighted by molar-refractivity contribution is -0.127. The molecular formula is C17H24ClFN2O. The molecule has 3 nitrogen and oxygen atoms in total. The highest BCUT2D eigenvalue weighted by Crippen LogP contribution is 2.39. The van der Waals surface area contributed by atoms with Crippen molar-refractivity contribution in [2.75, 3.05) is 0 Å². The molecule has 2 fully saturated rings. The first-order valence-electron chi connectivity index (χ1n) is 7.93. The number of rotatable bonds is 3. The molecule has 0 saturated heterocycles. The van der Waals surface area contributed by atoms with Crippen molar-refractivity contribution >= 4 is 18.3 Å². The van der Waals surface area contributed by atoms with E-state index in [1.807, 2.05) is 0 Å². The summed E-state index contributed by atoms with van der Waals surface area (Å²) in [6.07, 6.45) is 6.66. The summed E-state index contributed by atoms with van der Waals surface area (Å²) >= 11 is 0. The van der Waals surface area contributed by atoms with Gasteiger partial charge in [-0.25, -0.2) is 4.39 Å². The summed E-state index contributed by atoms with van der Waals surface area (Å²) in [7, 11) is 0. The quantitative estimate of drug-likeness (QED) is 0.895. The second-order valence-electron chi connectivity index (χ2n) is 6.56. The third-order valence-electron chi connectivity index (χ3n) is 5.06. The zero-order valence-corrected chi connectivity index (χ0v) is 13.5. The van der Waals surface area contributed by atoms with E-state index in [1.165, 1.54) is 12.1 Å². The van der Waals surface area contributed by atoms with Crippen LogP contribution in [0.5, 0.6) is 0 Å². The summed E-state index contributed by atoms with van der Waals surface area (Å²) in [5.74, 6) is -0.0768.